The van der Waals surface area contributed by atoms with Crippen LogP contribution in [0.1, 0.15) is 26.3 Å². The first-order valence-electron chi connectivity index (χ1n) is 7.55. The van der Waals surface area contributed by atoms with E-state index < -0.39 is 17.2 Å². The molecule has 0 saturated heterocycles. The third kappa shape index (κ3) is 1.77. The molecule has 4 rings (SSSR count). The molecule has 0 bridgehead atoms. The molecule has 24 heavy (non-hydrogen) atoms. The summed E-state index contributed by atoms with van der Waals surface area (Å²) in [6.07, 6.45) is 0. The van der Waals surface area contributed by atoms with E-state index in [1.54, 1.807) is 61.7 Å². The number of hydrogen-bond donors (Lipinski definition) is 1. The van der Waals surface area contributed by atoms with E-state index >= 15 is 0 Å². The number of fused-ring (bicyclic) bond motifs is 2. The number of Topliss-reactive ketones (excluding diaryl/α,β-unsaturated/α-hetero) is 2. The Labute approximate surface area is 138 Å². The summed E-state index contributed by atoms with van der Waals surface area (Å²) in [4.78, 5) is 25.6. The first-order chi connectivity index (χ1) is 11.6. The second kappa shape index (κ2) is 5.01. The Morgan fingerprint density at radius 2 is 1.38 bits per heavy atom. The van der Waals surface area contributed by atoms with Crippen LogP contribution in [0.5, 0.6) is 5.75 Å². The molecule has 0 heterocycles. The zero-order chi connectivity index (χ0) is 16.9. The van der Waals surface area contributed by atoms with Gasteiger partial charge in [-0.3, -0.25) is 9.59 Å². The van der Waals surface area contributed by atoms with E-state index in [1.165, 1.54) is 0 Å². The largest absolute Gasteiger partial charge is 0.497 e. The summed E-state index contributed by atoms with van der Waals surface area (Å²) in [5.41, 5.74) is 0.123. The van der Waals surface area contributed by atoms with Crippen LogP contribution in [-0.2, 0) is 5.60 Å². The second-order valence-electron chi connectivity index (χ2n) is 5.80. The number of hydrogen-bond acceptors (Lipinski definition) is 4. The van der Waals surface area contributed by atoms with Crippen molar-refractivity contribution in [1.82, 2.24) is 0 Å². The van der Waals surface area contributed by atoms with E-state index in [0.29, 0.717) is 16.9 Å². The van der Waals surface area contributed by atoms with Gasteiger partial charge < -0.3 is 9.84 Å². The van der Waals surface area contributed by atoms with Gasteiger partial charge in [0.1, 0.15) is 5.75 Å². The lowest BCUT2D eigenvalue weighted by Crippen LogP contribution is -2.38. The Morgan fingerprint density at radius 1 is 0.792 bits per heavy atom. The number of aliphatic hydroxyl groups is 1. The average molecular weight is 318 g/mol. The maximum absolute atomic E-state index is 12.8. The number of carbonyl (C=O) groups excluding carboxylic acids is 2. The lowest BCUT2D eigenvalue weighted by Gasteiger charge is -2.19. The number of ether oxygens (including phenoxy) is 1. The molecule has 0 aliphatic heterocycles. The van der Waals surface area contributed by atoms with Crippen LogP contribution in [0.3, 0.4) is 0 Å². The Morgan fingerprint density at radius 3 is 2.00 bits per heavy atom. The summed E-state index contributed by atoms with van der Waals surface area (Å²) in [6.45, 7) is 0. The number of ketones is 2. The zero-order valence-electron chi connectivity index (χ0n) is 12.9. The Bertz CT molecular complexity index is 922. The molecule has 3 aliphatic rings. The summed E-state index contributed by atoms with van der Waals surface area (Å²) in [6, 6.07) is 17.1. The third-order valence-corrected chi connectivity index (χ3v) is 4.57. The molecule has 0 atom stereocenters. The number of carbonyl (C=O) groups is 2. The van der Waals surface area contributed by atoms with E-state index in [1.807, 2.05) is 6.07 Å². The van der Waals surface area contributed by atoms with Gasteiger partial charge in [-0.25, -0.2) is 0 Å². The second-order valence-corrected chi connectivity index (χ2v) is 5.80. The molecule has 1 aromatic rings. The minimum Gasteiger partial charge on any atom is -0.497 e. The van der Waals surface area contributed by atoms with Crippen molar-refractivity contribution in [3.05, 3.63) is 77.4 Å². The van der Waals surface area contributed by atoms with Gasteiger partial charge in [-0.1, -0.05) is 48.5 Å². The average Bonchev–Trinajstić information content (AvgIpc) is 3.01. The Kier molecular flexibility index (Phi) is 3.05. The zero-order valence-corrected chi connectivity index (χ0v) is 12.9. The molecule has 0 radical (unpaired) electrons. The van der Waals surface area contributed by atoms with Crippen molar-refractivity contribution in [3.63, 3.8) is 0 Å². The first-order valence-corrected chi connectivity index (χ1v) is 7.55. The van der Waals surface area contributed by atoms with Crippen molar-refractivity contribution in [2.45, 2.75) is 5.60 Å². The molecule has 1 N–H and O–H groups in total. The third-order valence-electron chi connectivity index (χ3n) is 4.57. The van der Waals surface area contributed by atoms with E-state index in [2.05, 4.69) is 0 Å². The van der Waals surface area contributed by atoms with Gasteiger partial charge >= 0.3 is 0 Å². The Hall–Kier alpha value is -2.98. The SMILES string of the molecule is COc1ccc2ccc(C3(O)C(=O)c4ccccc4C3=O)c-2cc1. The summed E-state index contributed by atoms with van der Waals surface area (Å²) >= 11 is 0. The van der Waals surface area contributed by atoms with E-state index in [4.69, 9.17) is 4.74 Å². The molecule has 118 valence electrons. The van der Waals surface area contributed by atoms with Gasteiger partial charge in [0.25, 0.3) is 0 Å². The quantitative estimate of drug-likeness (QED) is 0.738. The maximum atomic E-state index is 12.8. The van der Waals surface area contributed by atoms with Crippen LogP contribution in [-0.4, -0.2) is 23.8 Å². The van der Waals surface area contributed by atoms with Gasteiger partial charge in [-0.2, -0.15) is 0 Å². The van der Waals surface area contributed by atoms with Gasteiger partial charge in [-0.05, 0) is 23.3 Å². The van der Waals surface area contributed by atoms with Gasteiger partial charge in [0.15, 0.2) is 0 Å². The predicted molar refractivity (Wildman–Crippen MR) is 88.6 cm³/mol. The van der Waals surface area contributed by atoms with Crippen LogP contribution in [0.2, 0.25) is 0 Å². The smallest absolute Gasteiger partial charge is 0.217 e. The highest BCUT2D eigenvalue weighted by molar-refractivity contribution is 6.32. The molecule has 4 heteroatoms. The van der Waals surface area contributed by atoms with Gasteiger partial charge in [-0.15, -0.1) is 0 Å². The van der Waals surface area contributed by atoms with E-state index in [0.717, 1.165) is 5.56 Å². The van der Waals surface area contributed by atoms with E-state index in [9.17, 15) is 14.7 Å². The molecule has 0 saturated carbocycles. The van der Waals surface area contributed by atoms with Crippen LogP contribution < -0.4 is 4.74 Å². The topological polar surface area (TPSA) is 63.6 Å². The van der Waals surface area contributed by atoms with Crippen LogP contribution in [0.25, 0.3) is 11.1 Å². The van der Waals surface area contributed by atoms with Gasteiger partial charge in [0, 0.05) is 16.7 Å². The fourth-order valence-corrected chi connectivity index (χ4v) is 3.30. The van der Waals surface area contributed by atoms with Crippen LogP contribution in [0.4, 0.5) is 0 Å². The van der Waals surface area contributed by atoms with Crippen molar-refractivity contribution in [3.8, 4) is 16.9 Å². The maximum Gasteiger partial charge on any atom is 0.217 e. The highest BCUT2D eigenvalue weighted by Crippen LogP contribution is 2.43. The lowest BCUT2D eigenvalue weighted by atomic mass is 9.87. The normalized spacial score (nSPS) is 15.6. The number of benzene rings is 1. The van der Waals surface area contributed by atoms with Gasteiger partial charge in [0.05, 0.1) is 7.11 Å². The molecule has 0 amide bonds. The highest BCUT2D eigenvalue weighted by Gasteiger charge is 2.54. The summed E-state index contributed by atoms with van der Waals surface area (Å²) in [5.74, 6) is -0.500. The standard InChI is InChI=1S/C20H14O4/c1-24-13-8-6-12-7-11-17(14(12)10-9-13)20(23)18(21)15-4-2-3-5-16(15)19(20)22/h2-11,23H,1H3. The van der Waals surface area contributed by atoms with Gasteiger partial charge in [0.2, 0.25) is 17.2 Å². The van der Waals surface area contributed by atoms with Crippen molar-refractivity contribution in [1.29, 1.82) is 0 Å². The number of methoxy groups -OCH3 is 1. The van der Waals surface area contributed by atoms with Crippen LogP contribution >= 0.6 is 0 Å². The predicted octanol–water partition coefficient (Wildman–Crippen LogP) is 3.07. The Balaban J connectivity index is 1.93. The molecular formula is C20H14O4. The van der Waals surface area contributed by atoms with Crippen molar-refractivity contribution in [2.24, 2.45) is 0 Å². The summed E-state index contributed by atoms with van der Waals surface area (Å²) < 4.78 is 5.20. The molecular weight excluding hydrogens is 304 g/mol. The molecule has 3 aliphatic carbocycles. The van der Waals surface area contributed by atoms with E-state index in [-0.39, 0.29) is 11.1 Å². The number of rotatable bonds is 2. The molecule has 0 spiro atoms. The monoisotopic (exact) mass is 318 g/mol. The minimum absolute atomic E-state index is 0.261. The molecule has 0 aromatic heterocycles. The van der Waals surface area contributed by atoms with Crippen molar-refractivity contribution in [2.75, 3.05) is 7.11 Å². The molecule has 4 nitrogen and oxygen atoms in total. The van der Waals surface area contributed by atoms with Crippen LogP contribution in [0.15, 0.2) is 60.7 Å². The minimum atomic E-state index is -2.17. The molecule has 0 unspecified atom stereocenters. The molecule has 0 fully saturated rings. The first kappa shape index (κ1) is 14.6. The molecule has 1 aromatic carbocycles. The van der Waals surface area contributed by atoms with Crippen LogP contribution in [0, 0.1) is 0 Å². The van der Waals surface area contributed by atoms with Crippen molar-refractivity contribution >= 4 is 11.6 Å². The summed E-state index contributed by atoms with van der Waals surface area (Å²) in [7, 11) is 1.56. The highest BCUT2D eigenvalue weighted by atomic mass is 16.5. The summed E-state index contributed by atoms with van der Waals surface area (Å²) in [5, 5.41) is 11.1. The lowest BCUT2D eigenvalue weighted by molar-refractivity contribution is 0.0324. The fraction of sp³-hybridized carbons (Fsp3) is 0.100. The fourth-order valence-electron chi connectivity index (χ4n) is 3.30. The van der Waals surface area contributed by atoms with Crippen molar-refractivity contribution < 1.29 is 19.4 Å².